The van der Waals surface area contributed by atoms with Crippen LogP contribution in [0, 0.1) is 5.82 Å². The molecule has 2 aromatic heterocycles. The molecule has 0 amide bonds. The van der Waals surface area contributed by atoms with Crippen LogP contribution >= 0.6 is 0 Å². The summed E-state index contributed by atoms with van der Waals surface area (Å²) in [5.41, 5.74) is 0.861. The van der Waals surface area contributed by atoms with Gasteiger partial charge in [0.1, 0.15) is 11.5 Å². The highest BCUT2D eigenvalue weighted by molar-refractivity contribution is 5.47. The first-order valence-corrected chi connectivity index (χ1v) is 6.45. The molecule has 0 aliphatic rings. The van der Waals surface area contributed by atoms with E-state index in [-0.39, 0.29) is 12.1 Å². The molecule has 0 radical (unpaired) electrons. The predicted octanol–water partition coefficient (Wildman–Crippen LogP) is 2.21. The van der Waals surface area contributed by atoms with Crippen LogP contribution in [-0.2, 0) is 6.54 Å². The number of aromatic nitrogens is 4. The zero-order chi connectivity index (χ0) is 14.7. The Morgan fingerprint density at radius 2 is 2.00 bits per heavy atom. The fourth-order valence-corrected chi connectivity index (χ4v) is 2.13. The molecule has 0 spiro atoms. The molecule has 106 valence electrons. The number of hydrogen-bond donors (Lipinski definition) is 1. The van der Waals surface area contributed by atoms with Gasteiger partial charge in [-0.05, 0) is 6.07 Å². The Bertz CT molecular complexity index is 729. The number of nitrogens with zero attached hydrogens (tertiary/aromatic N) is 4. The lowest BCUT2D eigenvalue weighted by Gasteiger charge is -2.14. The Balaban J connectivity index is 1.87. The van der Waals surface area contributed by atoms with Gasteiger partial charge in [-0.2, -0.15) is 0 Å². The van der Waals surface area contributed by atoms with Crippen molar-refractivity contribution >= 4 is 0 Å². The number of aliphatic hydroxyl groups excluding tert-OH is 1. The van der Waals surface area contributed by atoms with Gasteiger partial charge in [-0.3, -0.25) is 4.98 Å². The molecule has 0 bridgehead atoms. The van der Waals surface area contributed by atoms with Crippen LogP contribution in [0.5, 0.6) is 0 Å². The Morgan fingerprint density at radius 1 is 1.14 bits per heavy atom. The first kappa shape index (κ1) is 13.4. The van der Waals surface area contributed by atoms with Crippen molar-refractivity contribution in [2.45, 2.75) is 12.6 Å². The summed E-state index contributed by atoms with van der Waals surface area (Å²) in [5, 5.41) is 10.2. The summed E-state index contributed by atoms with van der Waals surface area (Å²) in [6.45, 7) is 0.187. The summed E-state index contributed by atoms with van der Waals surface area (Å²) < 4.78 is 15.4. The molecular weight excluding hydrogens is 271 g/mol. The van der Waals surface area contributed by atoms with Gasteiger partial charge in [0, 0.05) is 30.4 Å². The number of aliphatic hydroxyl groups is 1. The molecule has 3 rings (SSSR count). The SMILES string of the molecule is OC(Cn1ccnc1-c1cnccn1)c1ccccc1F. The summed E-state index contributed by atoms with van der Waals surface area (Å²) in [7, 11) is 0. The highest BCUT2D eigenvalue weighted by Crippen LogP contribution is 2.21. The highest BCUT2D eigenvalue weighted by atomic mass is 19.1. The van der Waals surface area contributed by atoms with E-state index in [2.05, 4.69) is 15.0 Å². The van der Waals surface area contributed by atoms with Crippen molar-refractivity contribution in [2.75, 3.05) is 0 Å². The number of hydrogen-bond acceptors (Lipinski definition) is 4. The average molecular weight is 284 g/mol. The van der Waals surface area contributed by atoms with Crippen LogP contribution < -0.4 is 0 Å². The minimum atomic E-state index is -0.962. The lowest BCUT2D eigenvalue weighted by Crippen LogP contribution is -2.11. The molecule has 0 fully saturated rings. The number of rotatable bonds is 4. The van der Waals surface area contributed by atoms with E-state index >= 15 is 0 Å². The summed E-state index contributed by atoms with van der Waals surface area (Å²) in [5.74, 6) is 0.157. The molecule has 1 unspecified atom stereocenters. The molecule has 3 aromatic rings. The van der Waals surface area contributed by atoms with Crippen LogP contribution in [0.4, 0.5) is 4.39 Å². The van der Waals surface area contributed by atoms with E-state index in [1.807, 2.05) is 0 Å². The smallest absolute Gasteiger partial charge is 0.160 e. The van der Waals surface area contributed by atoms with Crippen molar-refractivity contribution in [1.29, 1.82) is 0 Å². The van der Waals surface area contributed by atoms with Gasteiger partial charge in [-0.25, -0.2) is 14.4 Å². The maximum absolute atomic E-state index is 13.7. The van der Waals surface area contributed by atoms with Gasteiger partial charge in [0.05, 0.1) is 18.8 Å². The molecule has 1 aromatic carbocycles. The van der Waals surface area contributed by atoms with Gasteiger partial charge in [-0.1, -0.05) is 18.2 Å². The third-order valence-corrected chi connectivity index (χ3v) is 3.14. The molecular formula is C15H13FN4O. The molecule has 1 atom stereocenters. The van der Waals surface area contributed by atoms with Crippen LogP contribution in [0.25, 0.3) is 11.5 Å². The van der Waals surface area contributed by atoms with Crippen molar-refractivity contribution in [1.82, 2.24) is 19.5 Å². The first-order valence-electron chi connectivity index (χ1n) is 6.45. The molecule has 0 saturated carbocycles. The summed E-state index contributed by atoms with van der Waals surface area (Å²) in [4.78, 5) is 12.4. The maximum Gasteiger partial charge on any atom is 0.160 e. The second kappa shape index (κ2) is 5.80. The topological polar surface area (TPSA) is 63.8 Å². The Labute approximate surface area is 120 Å². The minimum Gasteiger partial charge on any atom is -0.386 e. The van der Waals surface area contributed by atoms with Crippen LogP contribution in [0.3, 0.4) is 0 Å². The standard InChI is InChI=1S/C15H13FN4O/c16-12-4-2-1-3-11(12)14(21)10-20-8-7-19-15(20)13-9-17-5-6-18-13/h1-9,14,21H,10H2. The normalized spacial score (nSPS) is 12.3. The van der Waals surface area contributed by atoms with Gasteiger partial charge in [-0.15, -0.1) is 0 Å². The Morgan fingerprint density at radius 3 is 2.76 bits per heavy atom. The second-order valence-electron chi connectivity index (χ2n) is 4.53. The molecule has 6 heteroatoms. The second-order valence-corrected chi connectivity index (χ2v) is 4.53. The zero-order valence-corrected chi connectivity index (χ0v) is 11.1. The molecule has 0 saturated heterocycles. The molecule has 21 heavy (non-hydrogen) atoms. The largest absolute Gasteiger partial charge is 0.386 e. The van der Waals surface area contributed by atoms with Gasteiger partial charge in [0.15, 0.2) is 5.82 Å². The minimum absolute atomic E-state index is 0.187. The van der Waals surface area contributed by atoms with Crippen molar-refractivity contribution in [3.05, 3.63) is 66.6 Å². The number of imidazole rings is 1. The average Bonchev–Trinajstić information content (AvgIpc) is 2.96. The van der Waals surface area contributed by atoms with E-state index in [0.29, 0.717) is 11.5 Å². The quantitative estimate of drug-likeness (QED) is 0.798. The third kappa shape index (κ3) is 2.80. The maximum atomic E-state index is 13.7. The van der Waals surface area contributed by atoms with E-state index < -0.39 is 11.9 Å². The fraction of sp³-hybridized carbons (Fsp3) is 0.133. The van der Waals surface area contributed by atoms with Crippen LogP contribution in [-0.4, -0.2) is 24.6 Å². The molecule has 1 N–H and O–H groups in total. The van der Waals surface area contributed by atoms with Gasteiger partial charge >= 0.3 is 0 Å². The van der Waals surface area contributed by atoms with E-state index in [4.69, 9.17) is 0 Å². The van der Waals surface area contributed by atoms with E-state index in [1.165, 1.54) is 6.07 Å². The molecule has 0 aliphatic heterocycles. The van der Waals surface area contributed by atoms with Gasteiger partial charge < -0.3 is 9.67 Å². The van der Waals surface area contributed by atoms with E-state index in [1.54, 1.807) is 53.8 Å². The van der Waals surface area contributed by atoms with Crippen LogP contribution in [0.1, 0.15) is 11.7 Å². The van der Waals surface area contributed by atoms with Crippen LogP contribution in [0.2, 0.25) is 0 Å². The third-order valence-electron chi connectivity index (χ3n) is 3.14. The van der Waals surface area contributed by atoms with Crippen molar-refractivity contribution in [3.8, 4) is 11.5 Å². The predicted molar refractivity (Wildman–Crippen MR) is 74.6 cm³/mol. The molecule has 5 nitrogen and oxygen atoms in total. The van der Waals surface area contributed by atoms with Crippen molar-refractivity contribution in [3.63, 3.8) is 0 Å². The summed E-state index contributed by atoms with van der Waals surface area (Å²) in [6.07, 6.45) is 7.10. The van der Waals surface area contributed by atoms with Gasteiger partial charge in [0.25, 0.3) is 0 Å². The van der Waals surface area contributed by atoms with Crippen molar-refractivity contribution < 1.29 is 9.50 Å². The Hall–Kier alpha value is -2.60. The van der Waals surface area contributed by atoms with E-state index in [9.17, 15) is 9.50 Å². The summed E-state index contributed by atoms with van der Waals surface area (Å²) >= 11 is 0. The first-order chi connectivity index (χ1) is 10.3. The van der Waals surface area contributed by atoms with Gasteiger partial charge in [0.2, 0.25) is 0 Å². The summed E-state index contributed by atoms with van der Waals surface area (Å²) in [6, 6.07) is 6.18. The molecule has 2 heterocycles. The zero-order valence-electron chi connectivity index (χ0n) is 11.1. The highest BCUT2D eigenvalue weighted by Gasteiger charge is 2.15. The van der Waals surface area contributed by atoms with E-state index in [0.717, 1.165) is 0 Å². The lowest BCUT2D eigenvalue weighted by molar-refractivity contribution is 0.152. The monoisotopic (exact) mass is 284 g/mol. The van der Waals surface area contributed by atoms with Crippen LogP contribution in [0.15, 0.2) is 55.2 Å². The van der Waals surface area contributed by atoms with Crippen molar-refractivity contribution in [2.24, 2.45) is 0 Å². The Kier molecular flexibility index (Phi) is 3.70. The lowest BCUT2D eigenvalue weighted by atomic mass is 10.1. The number of halogens is 1. The fourth-order valence-electron chi connectivity index (χ4n) is 2.13. The molecule has 0 aliphatic carbocycles. The number of benzene rings is 1.